The van der Waals surface area contributed by atoms with Gasteiger partial charge in [0.2, 0.25) is 0 Å². The first-order chi connectivity index (χ1) is 17.5. The molecule has 0 aliphatic carbocycles. The van der Waals surface area contributed by atoms with Gasteiger partial charge in [-0.3, -0.25) is 14.7 Å². The number of alkyl halides is 1. The molecule has 1 aromatic heterocycles. The van der Waals surface area contributed by atoms with Crippen LogP contribution in [-0.2, 0) is 4.79 Å². The van der Waals surface area contributed by atoms with Crippen LogP contribution in [0.1, 0.15) is 49.4 Å². The van der Waals surface area contributed by atoms with Crippen LogP contribution in [0.15, 0.2) is 60.8 Å². The summed E-state index contributed by atoms with van der Waals surface area (Å²) in [5.41, 5.74) is 2.37. The number of nitrogens with zero attached hydrogens (tertiary/aromatic N) is 2. The Morgan fingerprint density at radius 1 is 1.19 bits per heavy atom. The number of benzene rings is 2. The minimum atomic E-state index is -1.11. The number of hydrogen-bond donors (Lipinski definition) is 1. The number of aliphatic carboxylic acids is 1. The third kappa shape index (κ3) is 6.83. The fraction of sp³-hybridized carbons (Fsp3) is 0.400. The number of rotatable bonds is 9. The Kier molecular flexibility index (Phi) is 8.91. The van der Waals surface area contributed by atoms with Gasteiger partial charge in [-0.15, -0.1) is 0 Å². The summed E-state index contributed by atoms with van der Waals surface area (Å²) in [5.74, 6) is 6.86. The average molecular weight is 489 g/mol. The van der Waals surface area contributed by atoms with Gasteiger partial charge in [0.25, 0.3) is 0 Å². The smallest absolute Gasteiger partial charge is 0.303 e. The molecule has 2 heterocycles. The fourth-order valence-electron chi connectivity index (χ4n) is 5.15. The summed E-state index contributed by atoms with van der Waals surface area (Å²) in [6, 6.07) is 17.2. The molecule has 4 rings (SSSR count). The summed E-state index contributed by atoms with van der Waals surface area (Å²) >= 11 is 0. The molecule has 0 spiro atoms. The molecular formula is C30H33FN2O3. The Bertz CT molecular complexity index is 1220. The van der Waals surface area contributed by atoms with Gasteiger partial charge in [-0.2, -0.15) is 0 Å². The van der Waals surface area contributed by atoms with E-state index >= 15 is 4.39 Å². The number of pyridine rings is 1. The highest BCUT2D eigenvalue weighted by molar-refractivity contribution is 5.83. The first-order valence-electron chi connectivity index (χ1n) is 12.6. The van der Waals surface area contributed by atoms with Gasteiger partial charge in [0.15, 0.2) is 0 Å². The molecule has 6 heteroatoms. The van der Waals surface area contributed by atoms with Gasteiger partial charge in [-0.05, 0) is 86.0 Å². The zero-order valence-corrected chi connectivity index (χ0v) is 20.7. The molecule has 188 valence electrons. The maximum Gasteiger partial charge on any atom is 0.303 e. The number of halogens is 1. The highest BCUT2D eigenvalue weighted by Crippen LogP contribution is 2.36. The molecule has 3 aromatic rings. The van der Waals surface area contributed by atoms with E-state index in [1.54, 1.807) is 19.4 Å². The second-order valence-electron chi connectivity index (χ2n) is 9.47. The second-order valence-corrected chi connectivity index (χ2v) is 9.47. The Balaban J connectivity index is 1.39. The molecule has 36 heavy (non-hydrogen) atoms. The largest absolute Gasteiger partial charge is 0.497 e. The van der Waals surface area contributed by atoms with Crippen molar-refractivity contribution < 1.29 is 19.0 Å². The normalized spacial score (nSPS) is 18.8. The molecule has 1 saturated heterocycles. The van der Waals surface area contributed by atoms with Crippen molar-refractivity contribution in [3.05, 3.63) is 71.9 Å². The lowest BCUT2D eigenvalue weighted by atomic mass is 9.79. The molecule has 2 aromatic carbocycles. The van der Waals surface area contributed by atoms with Crippen LogP contribution in [0.5, 0.6) is 5.75 Å². The molecule has 0 saturated carbocycles. The van der Waals surface area contributed by atoms with E-state index in [0.717, 1.165) is 42.4 Å². The first kappa shape index (κ1) is 25.7. The topological polar surface area (TPSA) is 62.7 Å². The van der Waals surface area contributed by atoms with Gasteiger partial charge >= 0.3 is 5.97 Å². The molecule has 1 N–H and O–H groups in total. The lowest BCUT2D eigenvalue weighted by Gasteiger charge is -2.38. The third-order valence-corrected chi connectivity index (χ3v) is 7.12. The lowest BCUT2D eigenvalue weighted by molar-refractivity contribution is -0.137. The van der Waals surface area contributed by atoms with Crippen LogP contribution in [0.3, 0.4) is 0 Å². The molecular weight excluding hydrogens is 455 g/mol. The molecule has 1 aliphatic heterocycles. The average Bonchev–Trinajstić information content (AvgIpc) is 2.91. The Morgan fingerprint density at radius 3 is 2.81 bits per heavy atom. The van der Waals surface area contributed by atoms with E-state index in [2.05, 4.69) is 21.7 Å². The van der Waals surface area contributed by atoms with Crippen LogP contribution in [-0.4, -0.2) is 47.7 Å². The number of piperidine rings is 1. The van der Waals surface area contributed by atoms with Crippen molar-refractivity contribution in [1.29, 1.82) is 0 Å². The molecule has 1 unspecified atom stereocenters. The zero-order chi connectivity index (χ0) is 25.3. The summed E-state index contributed by atoms with van der Waals surface area (Å²) in [4.78, 5) is 17.9. The van der Waals surface area contributed by atoms with Crippen molar-refractivity contribution in [2.75, 3.05) is 26.7 Å². The zero-order valence-electron chi connectivity index (χ0n) is 20.7. The molecule has 0 bridgehead atoms. The fourth-order valence-corrected chi connectivity index (χ4v) is 5.15. The van der Waals surface area contributed by atoms with Crippen LogP contribution < -0.4 is 4.74 Å². The van der Waals surface area contributed by atoms with Crippen molar-refractivity contribution in [2.45, 2.75) is 38.3 Å². The van der Waals surface area contributed by atoms with Gasteiger partial charge < -0.3 is 9.84 Å². The van der Waals surface area contributed by atoms with Crippen LogP contribution in [0.4, 0.5) is 4.39 Å². The quantitative estimate of drug-likeness (QED) is 0.381. The molecule has 1 aliphatic rings. The summed E-state index contributed by atoms with van der Waals surface area (Å²) < 4.78 is 20.8. The van der Waals surface area contributed by atoms with E-state index in [1.807, 2.05) is 48.5 Å². The van der Waals surface area contributed by atoms with E-state index < -0.39 is 12.1 Å². The van der Waals surface area contributed by atoms with Crippen molar-refractivity contribution in [2.24, 2.45) is 11.8 Å². The van der Waals surface area contributed by atoms with Crippen molar-refractivity contribution in [3.8, 4) is 17.6 Å². The molecule has 0 radical (unpaired) electrons. The van der Waals surface area contributed by atoms with Crippen LogP contribution >= 0.6 is 0 Å². The number of carboxylic acids is 1. The summed E-state index contributed by atoms with van der Waals surface area (Å²) in [5, 5.41) is 10.0. The highest BCUT2D eigenvalue weighted by Gasteiger charge is 2.30. The first-order valence-corrected chi connectivity index (χ1v) is 12.6. The van der Waals surface area contributed by atoms with E-state index in [4.69, 9.17) is 4.74 Å². The number of fused-ring (bicyclic) bond motifs is 1. The predicted octanol–water partition coefficient (Wildman–Crippen LogP) is 5.89. The van der Waals surface area contributed by atoms with E-state index in [0.29, 0.717) is 36.6 Å². The number of carboxylic acid groups (broad SMARTS) is 1. The number of carbonyl (C=O) groups is 1. The van der Waals surface area contributed by atoms with Crippen LogP contribution in [0.25, 0.3) is 10.9 Å². The Hall–Kier alpha value is -3.43. The molecule has 5 nitrogen and oxygen atoms in total. The van der Waals surface area contributed by atoms with E-state index in [1.165, 1.54) is 0 Å². The maximum absolute atomic E-state index is 15.5. The van der Waals surface area contributed by atoms with Gasteiger partial charge in [-0.25, -0.2) is 4.39 Å². The van der Waals surface area contributed by atoms with Crippen molar-refractivity contribution in [1.82, 2.24) is 9.88 Å². The lowest BCUT2D eigenvalue weighted by Crippen LogP contribution is -2.41. The van der Waals surface area contributed by atoms with Crippen molar-refractivity contribution in [3.63, 3.8) is 0 Å². The summed E-state index contributed by atoms with van der Waals surface area (Å²) in [6.45, 7) is 2.35. The third-order valence-electron chi connectivity index (χ3n) is 7.12. The van der Waals surface area contributed by atoms with Gasteiger partial charge in [0.1, 0.15) is 11.9 Å². The SMILES string of the molecule is COc1ccc2nccc(C(F)CC[C@@H]3CCN(CC#Cc4ccccc4)C[C@@H]3CCC(=O)O)c2c1. The standard InChI is InChI=1S/C30H33FN2O3/c1-36-25-11-13-29-27(20-25)26(15-17-32-29)28(31)12-9-23-16-19-33(21-24(23)10-14-30(34)35)18-5-8-22-6-3-2-4-7-22/h2-4,6-7,11,13,15,17,20,23-24,28H,9-10,12,14,16,18-19,21H2,1H3,(H,34,35)/t23-,24+,28?/m1/s1. The van der Waals surface area contributed by atoms with Gasteiger partial charge in [-0.1, -0.05) is 30.0 Å². The number of ether oxygens (including phenoxy) is 1. The number of likely N-dealkylation sites (tertiary alicyclic amines) is 1. The number of hydrogen-bond acceptors (Lipinski definition) is 4. The molecule has 3 atom stereocenters. The van der Waals surface area contributed by atoms with Crippen molar-refractivity contribution >= 4 is 16.9 Å². The Labute approximate surface area is 212 Å². The second kappa shape index (κ2) is 12.5. The number of methoxy groups -OCH3 is 1. The monoisotopic (exact) mass is 488 g/mol. The summed E-state index contributed by atoms with van der Waals surface area (Å²) in [7, 11) is 1.60. The predicted molar refractivity (Wildman–Crippen MR) is 140 cm³/mol. The molecule has 0 amide bonds. The highest BCUT2D eigenvalue weighted by atomic mass is 19.1. The number of aromatic nitrogens is 1. The Morgan fingerprint density at radius 2 is 2.03 bits per heavy atom. The van der Waals surface area contributed by atoms with E-state index in [-0.39, 0.29) is 12.3 Å². The minimum absolute atomic E-state index is 0.137. The molecule has 1 fully saturated rings. The maximum atomic E-state index is 15.5. The minimum Gasteiger partial charge on any atom is -0.497 e. The van der Waals surface area contributed by atoms with Gasteiger partial charge in [0.05, 0.1) is 19.2 Å². The van der Waals surface area contributed by atoms with Gasteiger partial charge in [0, 0.05) is 30.1 Å². The van der Waals surface area contributed by atoms with E-state index in [9.17, 15) is 9.90 Å². The van der Waals surface area contributed by atoms with Crippen LogP contribution in [0, 0.1) is 23.7 Å². The van der Waals surface area contributed by atoms with Crippen LogP contribution in [0.2, 0.25) is 0 Å². The summed E-state index contributed by atoms with van der Waals surface area (Å²) in [6.07, 6.45) is 3.34.